The topological polar surface area (TPSA) is 85.8 Å². The number of anilines is 1. The SMILES string of the molecule is CC1=CC(=N)[C@@H](C)C(Cl)=C1C(=O)Nc1c(C)cc2[nH]c(=O)cc(C)c2c1C. The van der Waals surface area contributed by atoms with Gasteiger partial charge in [-0.25, -0.2) is 0 Å². The predicted octanol–water partition coefficient (Wildman–Crippen LogP) is 4.50. The zero-order valence-electron chi connectivity index (χ0n) is 16.0. The quantitative estimate of drug-likeness (QED) is 0.713. The zero-order valence-corrected chi connectivity index (χ0v) is 16.8. The van der Waals surface area contributed by atoms with Crippen molar-refractivity contribution in [1.29, 1.82) is 5.41 Å². The number of allylic oxidation sites excluding steroid dienone is 2. The van der Waals surface area contributed by atoms with Crippen molar-refractivity contribution in [1.82, 2.24) is 4.98 Å². The Bertz CT molecular complexity index is 1120. The number of pyridine rings is 1. The van der Waals surface area contributed by atoms with Crippen LogP contribution in [0.4, 0.5) is 5.69 Å². The van der Waals surface area contributed by atoms with Crippen LogP contribution in [0.2, 0.25) is 0 Å². The third-order valence-corrected chi connectivity index (χ3v) is 5.61. The summed E-state index contributed by atoms with van der Waals surface area (Å²) < 4.78 is 0. The summed E-state index contributed by atoms with van der Waals surface area (Å²) in [6.45, 7) is 9.29. The van der Waals surface area contributed by atoms with Crippen molar-refractivity contribution < 1.29 is 4.79 Å². The third kappa shape index (κ3) is 3.23. The van der Waals surface area contributed by atoms with E-state index in [9.17, 15) is 9.59 Å². The number of benzene rings is 1. The van der Waals surface area contributed by atoms with E-state index in [1.807, 2.05) is 33.8 Å². The van der Waals surface area contributed by atoms with Crippen LogP contribution < -0.4 is 10.9 Å². The molecule has 0 fully saturated rings. The molecule has 140 valence electrons. The van der Waals surface area contributed by atoms with Crippen molar-refractivity contribution >= 4 is 39.8 Å². The highest BCUT2D eigenvalue weighted by Gasteiger charge is 2.27. The van der Waals surface area contributed by atoms with Crippen LogP contribution in [0.25, 0.3) is 10.9 Å². The summed E-state index contributed by atoms with van der Waals surface area (Å²) in [5.41, 5.74) is 5.40. The summed E-state index contributed by atoms with van der Waals surface area (Å²) in [5.74, 6) is -0.594. The van der Waals surface area contributed by atoms with E-state index in [0.29, 0.717) is 27.6 Å². The van der Waals surface area contributed by atoms with Crippen LogP contribution in [0, 0.1) is 32.1 Å². The minimum Gasteiger partial charge on any atom is -0.322 e. The van der Waals surface area contributed by atoms with Crippen LogP contribution >= 0.6 is 11.6 Å². The first-order chi connectivity index (χ1) is 12.6. The fourth-order valence-electron chi connectivity index (χ4n) is 3.66. The van der Waals surface area contributed by atoms with Gasteiger partial charge in [-0.2, -0.15) is 0 Å². The van der Waals surface area contributed by atoms with E-state index in [1.165, 1.54) is 0 Å². The van der Waals surface area contributed by atoms with Gasteiger partial charge in [0.25, 0.3) is 5.91 Å². The minimum atomic E-state index is -0.303. The van der Waals surface area contributed by atoms with Gasteiger partial charge < -0.3 is 15.7 Å². The molecule has 0 saturated carbocycles. The lowest BCUT2D eigenvalue weighted by Gasteiger charge is -2.22. The molecule has 2 aromatic rings. The summed E-state index contributed by atoms with van der Waals surface area (Å²) in [4.78, 5) is 27.6. The number of halogens is 1. The Labute approximate surface area is 162 Å². The molecule has 0 saturated heterocycles. The highest BCUT2D eigenvalue weighted by molar-refractivity contribution is 6.36. The summed E-state index contributed by atoms with van der Waals surface area (Å²) in [6, 6.07) is 3.42. The largest absolute Gasteiger partial charge is 0.322 e. The summed E-state index contributed by atoms with van der Waals surface area (Å²) in [5, 5.41) is 12.2. The maximum atomic E-state index is 13.0. The Kier molecular flexibility index (Phi) is 4.82. The number of carbonyl (C=O) groups is 1. The van der Waals surface area contributed by atoms with Crippen LogP contribution in [0.3, 0.4) is 0 Å². The highest BCUT2D eigenvalue weighted by Crippen LogP contribution is 2.34. The second-order valence-electron chi connectivity index (χ2n) is 7.11. The first kappa shape index (κ1) is 19.1. The molecular formula is C21H22ClN3O2. The number of rotatable bonds is 2. The number of fused-ring (bicyclic) bond motifs is 1. The Morgan fingerprint density at radius 3 is 2.52 bits per heavy atom. The van der Waals surface area contributed by atoms with Crippen molar-refractivity contribution in [2.45, 2.75) is 34.6 Å². The van der Waals surface area contributed by atoms with Crippen LogP contribution in [0.15, 0.2) is 39.2 Å². The second-order valence-corrected chi connectivity index (χ2v) is 7.52. The zero-order chi connectivity index (χ0) is 20.0. The first-order valence-corrected chi connectivity index (χ1v) is 9.11. The molecular weight excluding hydrogens is 362 g/mol. The molecule has 1 heterocycles. The van der Waals surface area contributed by atoms with Gasteiger partial charge in [0.2, 0.25) is 5.56 Å². The van der Waals surface area contributed by atoms with E-state index in [1.54, 1.807) is 19.1 Å². The maximum absolute atomic E-state index is 13.0. The standard InChI is InChI=1S/C21H22ClN3O2/c1-9-6-14(23)12(4)19(22)18(9)21(27)25-20-11(3)7-15-17(13(20)5)10(2)8-16(26)24-15/h6-8,12,23H,1-5H3,(H,24,26)(H,25,27)/t12-/m1/s1. The van der Waals surface area contributed by atoms with Crippen LogP contribution in [-0.2, 0) is 4.79 Å². The number of nitrogens with one attached hydrogen (secondary N) is 3. The highest BCUT2D eigenvalue weighted by atomic mass is 35.5. The molecule has 1 atom stereocenters. The van der Waals surface area contributed by atoms with Crippen LogP contribution in [-0.4, -0.2) is 16.6 Å². The van der Waals surface area contributed by atoms with Gasteiger partial charge in [-0.1, -0.05) is 18.5 Å². The lowest BCUT2D eigenvalue weighted by molar-refractivity contribution is -0.112. The molecule has 1 amide bonds. The van der Waals surface area contributed by atoms with E-state index < -0.39 is 0 Å². The van der Waals surface area contributed by atoms with Gasteiger partial charge in [0.05, 0.1) is 5.57 Å². The molecule has 3 N–H and O–H groups in total. The third-order valence-electron chi connectivity index (χ3n) is 5.09. The molecule has 0 bridgehead atoms. The molecule has 6 heteroatoms. The lowest BCUT2D eigenvalue weighted by Crippen LogP contribution is -2.24. The van der Waals surface area contributed by atoms with Crippen molar-refractivity contribution in [3.63, 3.8) is 0 Å². The fraction of sp³-hybridized carbons (Fsp3) is 0.286. The number of amides is 1. The molecule has 0 spiro atoms. The molecule has 27 heavy (non-hydrogen) atoms. The van der Waals surface area contributed by atoms with Gasteiger partial charge in [-0.3, -0.25) is 9.59 Å². The molecule has 5 nitrogen and oxygen atoms in total. The van der Waals surface area contributed by atoms with E-state index >= 15 is 0 Å². The smallest absolute Gasteiger partial charge is 0.257 e. The number of aromatic amines is 1. The van der Waals surface area contributed by atoms with Gasteiger partial charge in [-0.05, 0) is 62.1 Å². The molecule has 1 aromatic carbocycles. The van der Waals surface area contributed by atoms with Crippen LogP contribution in [0.1, 0.15) is 30.5 Å². The molecule has 0 aliphatic heterocycles. The lowest BCUT2D eigenvalue weighted by atomic mass is 9.89. The minimum absolute atomic E-state index is 0.146. The first-order valence-electron chi connectivity index (χ1n) is 8.73. The van der Waals surface area contributed by atoms with Crippen molar-refractivity contribution in [2.24, 2.45) is 5.92 Å². The van der Waals surface area contributed by atoms with Gasteiger partial charge in [-0.15, -0.1) is 0 Å². The van der Waals surface area contributed by atoms with Gasteiger partial charge in [0, 0.05) is 39.3 Å². The summed E-state index contributed by atoms with van der Waals surface area (Å²) in [6.07, 6.45) is 1.68. The summed E-state index contributed by atoms with van der Waals surface area (Å²) >= 11 is 6.40. The van der Waals surface area contributed by atoms with E-state index in [4.69, 9.17) is 17.0 Å². The number of aryl methyl sites for hydroxylation is 3. The average molecular weight is 384 g/mol. The predicted molar refractivity (Wildman–Crippen MR) is 111 cm³/mol. The summed E-state index contributed by atoms with van der Waals surface area (Å²) in [7, 11) is 0. The van der Waals surface area contributed by atoms with E-state index in [-0.39, 0.29) is 17.4 Å². The van der Waals surface area contributed by atoms with Gasteiger partial charge >= 0.3 is 0 Å². The molecule has 0 radical (unpaired) electrons. The van der Waals surface area contributed by atoms with E-state index in [0.717, 1.165) is 27.6 Å². The van der Waals surface area contributed by atoms with Crippen molar-refractivity contribution in [3.8, 4) is 0 Å². The number of hydrogen-bond acceptors (Lipinski definition) is 3. The van der Waals surface area contributed by atoms with Crippen molar-refractivity contribution in [3.05, 3.63) is 61.4 Å². The number of hydrogen-bond donors (Lipinski definition) is 3. The molecule has 1 aromatic heterocycles. The van der Waals surface area contributed by atoms with E-state index in [2.05, 4.69) is 10.3 Å². The molecule has 0 unspecified atom stereocenters. The Morgan fingerprint density at radius 2 is 1.85 bits per heavy atom. The molecule has 3 rings (SSSR count). The normalized spacial score (nSPS) is 17.3. The van der Waals surface area contributed by atoms with Gasteiger partial charge in [0.1, 0.15) is 0 Å². The maximum Gasteiger partial charge on any atom is 0.257 e. The van der Waals surface area contributed by atoms with Gasteiger partial charge in [0.15, 0.2) is 0 Å². The Hall–Kier alpha value is -2.66. The number of aromatic nitrogens is 1. The molecule has 1 aliphatic carbocycles. The Balaban J connectivity index is 2.10. The fourth-order valence-corrected chi connectivity index (χ4v) is 4.01. The number of carbonyl (C=O) groups excluding carboxylic acids is 1. The molecule has 1 aliphatic rings. The number of H-pyrrole nitrogens is 1. The average Bonchev–Trinajstić information content (AvgIpc) is 2.55. The van der Waals surface area contributed by atoms with Crippen molar-refractivity contribution in [2.75, 3.05) is 5.32 Å². The monoisotopic (exact) mass is 383 g/mol. The second kappa shape index (κ2) is 6.82. The van der Waals surface area contributed by atoms with Crippen LogP contribution in [0.5, 0.6) is 0 Å². The Morgan fingerprint density at radius 1 is 1.19 bits per heavy atom.